The van der Waals surface area contributed by atoms with E-state index < -0.39 is 0 Å². The summed E-state index contributed by atoms with van der Waals surface area (Å²) in [4.78, 5) is 24.3. The van der Waals surface area contributed by atoms with E-state index in [4.69, 9.17) is 16.6 Å². The Morgan fingerprint density at radius 3 is 2.68 bits per heavy atom. The number of anilines is 1. The Labute approximate surface area is 172 Å². The van der Waals surface area contributed by atoms with E-state index in [-0.39, 0.29) is 11.9 Å². The molecular formula is C22H31ClN4O. The molecule has 2 aromatic rings. The Kier molecular flexibility index (Phi) is 7.11. The maximum Gasteiger partial charge on any atom is 0.221 e. The van der Waals surface area contributed by atoms with Gasteiger partial charge in [0, 0.05) is 41.9 Å². The molecule has 152 valence electrons. The van der Waals surface area contributed by atoms with E-state index in [2.05, 4.69) is 22.1 Å². The summed E-state index contributed by atoms with van der Waals surface area (Å²) in [5.74, 6) is 1.85. The summed E-state index contributed by atoms with van der Waals surface area (Å²) in [7, 11) is 0. The highest BCUT2D eigenvalue weighted by molar-refractivity contribution is 6.31. The number of rotatable bonds is 7. The number of hydrogen-bond donors (Lipinski definition) is 1. The lowest BCUT2D eigenvalue weighted by atomic mass is 9.93. The van der Waals surface area contributed by atoms with Crippen molar-refractivity contribution >= 4 is 34.2 Å². The Morgan fingerprint density at radius 2 is 2.00 bits per heavy atom. The highest BCUT2D eigenvalue weighted by Gasteiger charge is 2.25. The lowest BCUT2D eigenvalue weighted by molar-refractivity contribution is -0.121. The van der Waals surface area contributed by atoms with Crippen molar-refractivity contribution in [3.8, 4) is 0 Å². The van der Waals surface area contributed by atoms with E-state index in [1.54, 1.807) is 0 Å². The van der Waals surface area contributed by atoms with Crippen LogP contribution in [0.4, 0.5) is 5.82 Å². The molecule has 3 rings (SSSR count). The molecular weight excluding hydrogens is 372 g/mol. The minimum Gasteiger partial charge on any atom is -0.354 e. The average Bonchev–Trinajstić information content (AvgIpc) is 2.67. The molecule has 1 heterocycles. The molecule has 0 unspecified atom stereocenters. The average molecular weight is 403 g/mol. The molecule has 0 spiro atoms. The maximum atomic E-state index is 12.3. The topological polar surface area (TPSA) is 58.1 Å². The SMILES string of the molecule is CCc1nc(N(CCC(=O)NC(C)C)C2CCCCC2)c2ccc(Cl)cc2n1. The van der Waals surface area contributed by atoms with Gasteiger partial charge in [-0.1, -0.05) is 37.8 Å². The Balaban J connectivity index is 1.97. The number of benzene rings is 1. The van der Waals surface area contributed by atoms with Gasteiger partial charge in [-0.3, -0.25) is 4.79 Å². The summed E-state index contributed by atoms with van der Waals surface area (Å²) in [5, 5.41) is 4.69. The van der Waals surface area contributed by atoms with Crippen molar-refractivity contribution in [2.24, 2.45) is 0 Å². The molecule has 28 heavy (non-hydrogen) atoms. The zero-order valence-electron chi connectivity index (χ0n) is 17.2. The van der Waals surface area contributed by atoms with Gasteiger partial charge in [0.2, 0.25) is 5.91 Å². The zero-order valence-corrected chi connectivity index (χ0v) is 17.9. The number of carbonyl (C=O) groups excluding carboxylic acids is 1. The predicted octanol–water partition coefficient (Wildman–Crippen LogP) is 4.90. The maximum absolute atomic E-state index is 12.3. The van der Waals surface area contributed by atoms with Crippen LogP contribution in [0.25, 0.3) is 10.9 Å². The van der Waals surface area contributed by atoms with Gasteiger partial charge >= 0.3 is 0 Å². The number of aromatic nitrogens is 2. The first-order valence-electron chi connectivity index (χ1n) is 10.5. The normalized spacial score (nSPS) is 15.2. The van der Waals surface area contributed by atoms with Crippen LogP contribution in [-0.4, -0.2) is 34.5 Å². The van der Waals surface area contributed by atoms with Gasteiger partial charge in [-0.25, -0.2) is 9.97 Å². The molecule has 1 amide bonds. The second kappa shape index (κ2) is 9.55. The van der Waals surface area contributed by atoms with Crippen molar-refractivity contribution in [2.45, 2.75) is 77.8 Å². The van der Waals surface area contributed by atoms with Crippen LogP contribution in [0.3, 0.4) is 0 Å². The van der Waals surface area contributed by atoms with Gasteiger partial charge in [-0.2, -0.15) is 0 Å². The van der Waals surface area contributed by atoms with Crippen molar-refractivity contribution in [2.75, 3.05) is 11.4 Å². The third kappa shape index (κ3) is 5.13. The summed E-state index contributed by atoms with van der Waals surface area (Å²) in [5.41, 5.74) is 0.877. The van der Waals surface area contributed by atoms with Gasteiger partial charge in [0.05, 0.1) is 5.52 Å². The minimum atomic E-state index is 0.0907. The summed E-state index contributed by atoms with van der Waals surface area (Å²) in [6, 6.07) is 6.39. The number of amides is 1. The Hall–Kier alpha value is -1.88. The Bertz CT molecular complexity index is 818. The van der Waals surface area contributed by atoms with Crippen molar-refractivity contribution in [3.63, 3.8) is 0 Å². The predicted molar refractivity (Wildman–Crippen MR) is 116 cm³/mol. The number of nitrogens with one attached hydrogen (secondary N) is 1. The second-order valence-corrected chi connectivity index (χ2v) is 8.37. The first-order valence-corrected chi connectivity index (χ1v) is 10.9. The van der Waals surface area contributed by atoms with Gasteiger partial charge in [-0.15, -0.1) is 0 Å². The number of fused-ring (bicyclic) bond motifs is 1. The van der Waals surface area contributed by atoms with Crippen LogP contribution in [0.2, 0.25) is 5.02 Å². The van der Waals surface area contributed by atoms with Crippen LogP contribution in [0.5, 0.6) is 0 Å². The summed E-state index contributed by atoms with van der Waals surface area (Å²) >= 11 is 6.22. The molecule has 5 nitrogen and oxygen atoms in total. The van der Waals surface area contributed by atoms with Gasteiger partial charge < -0.3 is 10.2 Å². The monoisotopic (exact) mass is 402 g/mol. The summed E-state index contributed by atoms with van der Waals surface area (Å²) in [6.45, 7) is 6.72. The second-order valence-electron chi connectivity index (χ2n) is 7.94. The fourth-order valence-corrected chi connectivity index (χ4v) is 4.15. The van der Waals surface area contributed by atoms with Gasteiger partial charge in [-0.05, 0) is 44.9 Å². The van der Waals surface area contributed by atoms with Crippen LogP contribution in [0, 0.1) is 0 Å². The fourth-order valence-electron chi connectivity index (χ4n) is 3.98. The molecule has 1 N–H and O–H groups in total. The molecule has 6 heteroatoms. The van der Waals surface area contributed by atoms with Crippen molar-refractivity contribution in [1.29, 1.82) is 0 Å². The van der Waals surface area contributed by atoms with Crippen LogP contribution < -0.4 is 10.2 Å². The van der Waals surface area contributed by atoms with Crippen LogP contribution >= 0.6 is 11.6 Å². The molecule has 1 aromatic carbocycles. The molecule has 1 saturated carbocycles. The highest BCUT2D eigenvalue weighted by atomic mass is 35.5. The lowest BCUT2D eigenvalue weighted by Crippen LogP contribution is -2.41. The number of hydrogen-bond acceptors (Lipinski definition) is 4. The molecule has 0 radical (unpaired) electrons. The number of nitrogens with zero attached hydrogens (tertiary/aromatic N) is 3. The van der Waals surface area contributed by atoms with E-state index in [1.165, 1.54) is 19.3 Å². The largest absolute Gasteiger partial charge is 0.354 e. The fraction of sp³-hybridized carbons (Fsp3) is 0.591. The number of aryl methyl sites for hydroxylation is 1. The van der Waals surface area contributed by atoms with Crippen LogP contribution in [0.15, 0.2) is 18.2 Å². The lowest BCUT2D eigenvalue weighted by Gasteiger charge is -2.36. The molecule has 1 aliphatic rings. The van der Waals surface area contributed by atoms with E-state index in [9.17, 15) is 4.79 Å². The number of halogens is 1. The van der Waals surface area contributed by atoms with Gasteiger partial charge in [0.1, 0.15) is 11.6 Å². The minimum absolute atomic E-state index is 0.0907. The van der Waals surface area contributed by atoms with Crippen LogP contribution in [-0.2, 0) is 11.2 Å². The van der Waals surface area contributed by atoms with Crippen molar-refractivity contribution in [1.82, 2.24) is 15.3 Å². The first-order chi connectivity index (χ1) is 13.5. The van der Waals surface area contributed by atoms with Gasteiger partial charge in [0.25, 0.3) is 0 Å². The highest BCUT2D eigenvalue weighted by Crippen LogP contribution is 2.32. The van der Waals surface area contributed by atoms with Gasteiger partial charge in [0.15, 0.2) is 0 Å². The molecule has 1 aliphatic carbocycles. The molecule has 0 aliphatic heterocycles. The summed E-state index contributed by atoms with van der Waals surface area (Å²) < 4.78 is 0. The standard InChI is InChI=1S/C22H31ClN4O/c1-4-20-25-19-14-16(23)10-11-18(19)22(26-20)27(17-8-6-5-7-9-17)13-12-21(28)24-15(2)3/h10-11,14-15,17H,4-9,12-13H2,1-3H3,(H,24,28). The zero-order chi connectivity index (χ0) is 20.1. The van der Waals surface area contributed by atoms with Crippen LogP contribution in [0.1, 0.15) is 65.1 Å². The third-order valence-electron chi connectivity index (χ3n) is 5.32. The number of carbonyl (C=O) groups is 1. The smallest absolute Gasteiger partial charge is 0.221 e. The van der Waals surface area contributed by atoms with E-state index in [0.29, 0.717) is 24.0 Å². The molecule has 1 fully saturated rings. The van der Waals surface area contributed by atoms with Crippen molar-refractivity contribution < 1.29 is 4.79 Å². The quantitative estimate of drug-likeness (QED) is 0.715. The van der Waals surface area contributed by atoms with E-state index in [1.807, 2.05) is 32.0 Å². The molecule has 1 aromatic heterocycles. The molecule has 0 atom stereocenters. The Morgan fingerprint density at radius 1 is 1.25 bits per heavy atom. The molecule has 0 bridgehead atoms. The third-order valence-corrected chi connectivity index (χ3v) is 5.55. The summed E-state index contributed by atoms with van der Waals surface area (Å²) in [6.07, 6.45) is 7.28. The molecule has 0 saturated heterocycles. The van der Waals surface area contributed by atoms with E-state index in [0.717, 1.165) is 41.8 Å². The van der Waals surface area contributed by atoms with E-state index >= 15 is 0 Å². The van der Waals surface area contributed by atoms with Crippen molar-refractivity contribution in [3.05, 3.63) is 29.0 Å². The first kappa shape index (κ1) is 20.8.